The quantitative estimate of drug-likeness (QED) is 0.668. The second kappa shape index (κ2) is 7.83. The number of hydrogen-bond donors (Lipinski definition) is 0. The molecular formula is C21H21N3O5. The lowest BCUT2D eigenvalue weighted by molar-refractivity contribution is -0.134. The number of ether oxygens (including phenoxy) is 1. The third-order valence-corrected chi connectivity index (χ3v) is 5.12. The Labute approximate surface area is 166 Å². The highest BCUT2D eigenvalue weighted by Crippen LogP contribution is 2.23. The van der Waals surface area contributed by atoms with E-state index in [1.165, 1.54) is 12.3 Å². The van der Waals surface area contributed by atoms with E-state index in [0.29, 0.717) is 37.7 Å². The number of para-hydroxylation sites is 1. The monoisotopic (exact) mass is 395 g/mol. The van der Waals surface area contributed by atoms with Crippen molar-refractivity contribution in [2.75, 3.05) is 32.8 Å². The first kappa shape index (κ1) is 18.8. The predicted octanol–water partition coefficient (Wildman–Crippen LogP) is 1.49. The number of pyridine rings is 1. The van der Waals surface area contributed by atoms with E-state index in [0.717, 1.165) is 10.9 Å². The van der Waals surface area contributed by atoms with Crippen LogP contribution in [0.25, 0.3) is 10.9 Å². The third kappa shape index (κ3) is 3.73. The molecule has 8 heteroatoms. The van der Waals surface area contributed by atoms with Gasteiger partial charge in [0, 0.05) is 44.7 Å². The number of amides is 2. The van der Waals surface area contributed by atoms with Crippen molar-refractivity contribution in [3.8, 4) is 5.75 Å². The largest absolute Gasteiger partial charge is 0.483 e. The molecule has 1 aliphatic rings. The van der Waals surface area contributed by atoms with Crippen molar-refractivity contribution in [3.63, 3.8) is 0 Å². The van der Waals surface area contributed by atoms with Gasteiger partial charge in [-0.05, 0) is 24.3 Å². The summed E-state index contributed by atoms with van der Waals surface area (Å²) in [5.74, 6) is 0.333. The molecule has 0 atom stereocenters. The first-order valence-corrected chi connectivity index (χ1v) is 9.37. The van der Waals surface area contributed by atoms with Gasteiger partial charge in [0.05, 0.1) is 11.8 Å². The Morgan fingerprint density at radius 1 is 1.03 bits per heavy atom. The van der Waals surface area contributed by atoms with Gasteiger partial charge in [-0.2, -0.15) is 0 Å². The Bertz CT molecular complexity index is 1100. The summed E-state index contributed by atoms with van der Waals surface area (Å²) in [6.07, 6.45) is 1.46. The lowest BCUT2D eigenvalue weighted by Crippen LogP contribution is -2.51. The molecule has 1 aromatic carbocycles. The number of nitrogens with zero attached hydrogens (tertiary/aromatic N) is 3. The van der Waals surface area contributed by atoms with Crippen molar-refractivity contribution < 1.29 is 18.7 Å². The van der Waals surface area contributed by atoms with E-state index in [9.17, 15) is 14.4 Å². The van der Waals surface area contributed by atoms with Crippen molar-refractivity contribution in [2.45, 2.75) is 0 Å². The molecule has 29 heavy (non-hydrogen) atoms. The number of piperazine rings is 1. The van der Waals surface area contributed by atoms with Crippen LogP contribution >= 0.6 is 0 Å². The van der Waals surface area contributed by atoms with Gasteiger partial charge in [0.25, 0.3) is 17.4 Å². The zero-order valence-corrected chi connectivity index (χ0v) is 16.0. The summed E-state index contributed by atoms with van der Waals surface area (Å²) in [6, 6.07) is 12.1. The van der Waals surface area contributed by atoms with Gasteiger partial charge < -0.3 is 23.5 Å². The van der Waals surface area contributed by atoms with Gasteiger partial charge in [0.1, 0.15) is 5.75 Å². The highest BCUT2D eigenvalue weighted by Gasteiger charge is 2.26. The molecule has 0 bridgehead atoms. The minimum atomic E-state index is -0.198. The van der Waals surface area contributed by atoms with Crippen LogP contribution in [0.4, 0.5) is 0 Å². The van der Waals surface area contributed by atoms with Gasteiger partial charge in [-0.15, -0.1) is 0 Å². The average molecular weight is 395 g/mol. The first-order chi connectivity index (χ1) is 14.0. The highest BCUT2D eigenvalue weighted by molar-refractivity contribution is 5.91. The SMILES string of the molecule is Cn1c(=O)cc(OCC(=O)N2CCN(C(=O)c3ccco3)CC2)c2ccccc21. The summed E-state index contributed by atoms with van der Waals surface area (Å²) in [4.78, 5) is 40.3. The molecule has 0 aliphatic carbocycles. The van der Waals surface area contributed by atoms with Crippen LogP contribution in [0, 0.1) is 0 Å². The number of hydrogen-bond acceptors (Lipinski definition) is 5. The molecular weight excluding hydrogens is 374 g/mol. The molecule has 8 nitrogen and oxygen atoms in total. The molecule has 1 saturated heterocycles. The number of furan rings is 1. The topological polar surface area (TPSA) is 85.0 Å². The van der Waals surface area contributed by atoms with Crippen molar-refractivity contribution in [3.05, 3.63) is 64.8 Å². The molecule has 0 unspecified atom stereocenters. The Balaban J connectivity index is 1.38. The van der Waals surface area contributed by atoms with Crippen LogP contribution < -0.4 is 10.3 Å². The number of rotatable bonds is 4. The highest BCUT2D eigenvalue weighted by atomic mass is 16.5. The zero-order chi connectivity index (χ0) is 20.4. The fraction of sp³-hybridized carbons (Fsp3) is 0.286. The Morgan fingerprint density at radius 3 is 2.48 bits per heavy atom. The maximum absolute atomic E-state index is 12.6. The van der Waals surface area contributed by atoms with Gasteiger partial charge >= 0.3 is 0 Å². The number of aryl methyl sites for hydroxylation is 1. The number of aromatic nitrogens is 1. The van der Waals surface area contributed by atoms with Crippen LogP contribution in [0.2, 0.25) is 0 Å². The number of benzene rings is 1. The van der Waals surface area contributed by atoms with Crippen LogP contribution in [0.1, 0.15) is 10.6 Å². The van der Waals surface area contributed by atoms with E-state index in [-0.39, 0.29) is 24.0 Å². The van der Waals surface area contributed by atoms with Gasteiger partial charge in [0.2, 0.25) is 0 Å². The molecule has 4 rings (SSSR count). The van der Waals surface area contributed by atoms with Gasteiger partial charge in [-0.25, -0.2) is 0 Å². The molecule has 0 radical (unpaired) electrons. The lowest BCUT2D eigenvalue weighted by atomic mass is 10.2. The van der Waals surface area contributed by atoms with Crippen LogP contribution in [0.15, 0.2) is 57.9 Å². The smallest absolute Gasteiger partial charge is 0.289 e. The van der Waals surface area contributed by atoms with E-state index < -0.39 is 0 Å². The van der Waals surface area contributed by atoms with E-state index >= 15 is 0 Å². The van der Waals surface area contributed by atoms with E-state index in [2.05, 4.69) is 0 Å². The van der Waals surface area contributed by atoms with E-state index in [1.54, 1.807) is 33.5 Å². The molecule has 0 saturated carbocycles. The Morgan fingerprint density at radius 2 is 1.76 bits per heavy atom. The second-order valence-corrected chi connectivity index (χ2v) is 6.86. The lowest BCUT2D eigenvalue weighted by Gasteiger charge is -2.34. The van der Waals surface area contributed by atoms with Crippen LogP contribution in [0.5, 0.6) is 5.75 Å². The molecule has 2 aromatic heterocycles. The van der Waals surface area contributed by atoms with Crippen molar-refractivity contribution in [1.82, 2.24) is 14.4 Å². The Hall–Kier alpha value is -3.55. The van der Waals surface area contributed by atoms with Crippen molar-refractivity contribution in [2.24, 2.45) is 7.05 Å². The summed E-state index contributed by atoms with van der Waals surface area (Å²) in [5, 5.41) is 0.774. The number of carbonyl (C=O) groups is 2. The normalized spacial score (nSPS) is 14.2. The third-order valence-electron chi connectivity index (χ3n) is 5.12. The molecule has 0 spiro atoms. The molecule has 1 aliphatic heterocycles. The van der Waals surface area contributed by atoms with Gasteiger partial charge in [-0.3, -0.25) is 14.4 Å². The number of fused-ring (bicyclic) bond motifs is 1. The molecule has 3 heterocycles. The maximum Gasteiger partial charge on any atom is 0.289 e. The molecule has 0 N–H and O–H groups in total. The maximum atomic E-state index is 12.6. The zero-order valence-electron chi connectivity index (χ0n) is 16.0. The van der Waals surface area contributed by atoms with Crippen LogP contribution in [-0.2, 0) is 11.8 Å². The molecule has 1 fully saturated rings. The average Bonchev–Trinajstić information content (AvgIpc) is 3.29. The molecule has 150 valence electrons. The van der Waals surface area contributed by atoms with Crippen LogP contribution in [-0.4, -0.2) is 59.0 Å². The minimum absolute atomic E-state index is 0.163. The summed E-state index contributed by atoms with van der Waals surface area (Å²) in [6.45, 7) is 1.54. The van der Waals surface area contributed by atoms with Gasteiger partial charge in [0.15, 0.2) is 12.4 Å². The fourth-order valence-corrected chi connectivity index (χ4v) is 3.45. The number of carbonyl (C=O) groups excluding carboxylic acids is 2. The predicted molar refractivity (Wildman–Crippen MR) is 106 cm³/mol. The molecule has 2 amide bonds. The second-order valence-electron chi connectivity index (χ2n) is 6.86. The van der Waals surface area contributed by atoms with E-state index in [4.69, 9.17) is 9.15 Å². The summed E-state index contributed by atoms with van der Waals surface area (Å²) in [7, 11) is 1.70. The first-order valence-electron chi connectivity index (χ1n) is 9.37. The van der Waals surface area contributed by atoms with Crippen molar-refractivity contribution >= 4 is 22.7 Å². The fourth-order valence-electron chi connectivity index (χ4n) is 3.45. The minimum Gasteiger partial charge on any atom is -0.483 e. The van der Waals surface area contributed by atoms with Crippen LogP contribution in [0.3, 0.4) is 0 Å². The summed E-state index contributed by atoms with van der Waals surface area (Å²) < 4.78 is 12.4. The van der Waals surface area contributed by atoms with Crippen molar-refractivity contribution in [1.29, 1.82) is 0 Å². The van der Waals surface area contributed by atoms with Gasteiger partial charge in [-0.1, -0.05) is 12.1 Å². The Kier molecular flexibility index (Phi) is 5.07. The molecule has 3 aromatic rings. The summed E-state index contributed by atoms with van der Waals surface area (Å²) in [5.41, 5.74) is 0.545. The summed E-state index contributed by atoms with van der Waals surface area (Å²) >= 11 is 0. The standard InChI is InChI=1S/C21H21N3O5/c1-22-16-6-3-2-5-15(16)18(13-19(22)25)29-14-20(26)23-8-10-24(11-9-23)21(27)17-7-4-12-28-17/h2-7,12-13H,8-11,14H2,1H3. The van der Waals surface area contributed by atoms with E-state index in [1.807, 2.05) is 24.3 Å².